The zero-order valence-corrected chi connectivity index (χ0v) is 16.0. The van der Waals surface area contributed by atoms with Crippen molar-refractivity contribution in [3.63, 3.8) is 0 Å². The van der Waals surface area contributed by atoms with Crippen molar-refractivity contribution >= 4 is 33.1 Å². The average Bonchev–Trinajstić information content (AvgIpc) is 2.96. The number of alkyl halides is 3. The molecular weight excluding hydrogens is 419 g/mol. The molecule has 2 aromatic carbocycles. The number of primary sulfonamides is 1. The Kier molecular flexibility index (Phi) is 4.95. The fourth-order valence-corrected chi connectivity index (χ4v) is 3.39. The van der Waals surface area contributed by atoms with Crippen LogP contribution in [0.2, 0.25) is 5.02 Å². The predicted octanol–water partition coefficient (Wildman–Crippen LogP) is 2.81. The standard InChI is InChI=1S/C17H15ClF3N3O3S/c1-10-2-5-12(8-14(10)18)24-9-16(25,17(19,20)21)23-15(24)11-3-6-13(7-4-11)28(22,26)27/h2-8,25H,9H2,1H3,(H2,22,26,27). The Morgan fingerprint density at radius 2 is 1.82 bits per heavy atom. The molecule has 1 aliphatic rings. The summed E-state index contributed by atoms with van der Waals surface area (Å²) in [6.07, 6.45) is -5.01. The highest BCUT2D eigenvalue weighted by Crippen LogP contribution is 2.39. The van der Waals surface area contributed by atoms with Crippen molar-refractivity contribution in [2.75, 3.05) is 11.4 Å². The minimum absolute atomic E-state index is 0.171. The van der Waals surface area contributed by atoms with Crippen LogP contribution >= 0.6 is 11.6 Å². The topological polar surface area (TPSA) is 96.0 Å². The van der Waals surface area contributed by atoms with Crippen LogP contribution in [0.3, 0.4) is 0 Å². The van der Waals surface area contributed by atoms with Crippen LogP contribution in [0.4, 0.5) is 18.9 Å². The number of nitrogens with two attached hydrogens (primary N) is 1. The second-order valence-corrected chi connectivity index (χ2v) is 8.31. The van der Waals surface area contributed by atoms with Gasteiger partial charge in [-0.25, -0.2) is 18.5 Å². The van der Waals surface area contributed by atoms with E-state index in [1.165, 1.54) is 23.1 Å². The summed E-state index contributed by atoms with van der Waals surface area (Å²) in [6.45, 7) is 0.866. The number of nitrogens with zero attached hydrogens (tertiary/aromatic N) is 2. The highest BCUT2D eigenvalue weighted by atomic mass is 35.5. The molecule has 0 radical (unpaired) electrons. The summed E-state index contributed by atoms with van der Waals surface area (Å²) in [5.74, 6) is -0.180. The highest BCUT2D eigenvalue weighted by Gasteiger charge is 2.58. The third-order valence-electron chi connectivity index (χ3n) is 4.29. The monoisotopic (exact) mass is 433 g/mol. The Morgan fingerprint density at radius 3 is 2.32 bits per heavy atom. The zero-order chi connectivity index (χ0) is 20.9. The smallest absolute Gasteiger partial charge is 0.361 e. The molecule has 3 rings (SSSR count). The maximum Gasteiger partial charge on any atom is 0.440 e. The SMILES string of the molecule is Cc1ccc(N2CC(O)(C(F)(F)F)N=C2c2ccc(S(N)(=O)=O)cc2)cc1Cl. The molecule has 0 aliphatic carbocycles. The van der Waals surface area contributed by atoms with Gasteiger partial charge >= 0.3 is 6.18 Å². The van der Waals surface area contributed by atoms with Gasteiger partial charge in [-0.15, -0.1) is 0 Å². The Balaban J connectivity index is 2.11. The van der Waals surface area contributed by atoms with Gasteiger partial charge in [-0.3, -0.25) is 0 Å². The summed E-state index contributed by atoms with van der Waals surface area (Å²) < 4.78 is 62.9. The lowest BCUT2D eigenvalue weighted by Crippen LogP contribution is -2.47. The molecule has 1 heterocycles. The number of hydrogen-bond donors (Lipinski definition) is 2. The third-order valence-corrected chi connectivity index (χ3v) is 5.62. The van der Waals surface area contributed by atoms with E-state index in [1.807, 2.05) is 0 Å². The number of benzene rings is 2. The van der Waals surface area contributed by atoms with Gasteiger partial charge in [0.05, 0.1) is 11.4 Å². The van der Waals surface area contributed by atoms with Gasteiger partial charge < -0.3 is 10.0 Å². The summed E-state index contributed by atoms with van der Waals surface area (Å²) in [7, 11) is -3.97. The predicted molar refractivity (Wildman–Crippen MR) is 98.9 cm³/mol. The molecule has 28 heavy (non-hydrogen) atoms. The minimum Gasteiger partial charge on any atom is -0.361 e. The van der Waals surface area contributed by atoms with E-state index in [-0.39, 0.29) is 16.3 Å². The Hall–Kier alpha value is -2.14. The summed E-state index contributed by atoms with van der Waals surface area (Å²) >= 11 is 6.09. The molecule has 0 aromatic heterocycles. The lowest BCUT2D eigenvalue weighted by atomic mass is 10.1. The molecule has 2 aromatic rings. The van der Waals surface area contributed by atoms with Crippen LogP contribution < -0.4 is 10.0 Å². The van der Waals surface area contributed by atoms with Crippen molar-refractivity contribution in [1.29, 1.82) is 0 Å². The normalized spacial score (nSPS) is 20.4. The number of anilines is 1. The molecule has 0 saturated heterocycles. The van der Waals surface area contributed by atoms with Gasteiger partial charge in [-0.2, -0.15) is 13.2 Å². The number of amidine groups is 1. The van der Waals surface area contributed by atoms with Gasteiger partial charge in [-0.1, -0.05) is 17.7 Å². The second kappa shape index (κ2) is 6.73. The second-order valence-electron chi connectivity index (χ2n) is 6.34. The summed E-state index contributed by atoms with van der Waals surface area (Å²) in [6, 6.07) is 9.49. The molecule has 11 heteroatoms. The van der Waals surface area contributed by atoms with Gasteiger partial charge in [0, 0.05) is 16.3 Å². The Bertz CT molecular complexity index is 1060. The number of aliphatic hydroxyl groups is 1. The van der Waals surface area contributed by atoms with E-state index in [9.17, 15) is 26.7 Å². The lowest BCUT2D eigenvalue weighted by molar-refractivity contribution is -0.249. The largest absolute Gasteiger partial charge is 0.440 e. The number of aryl methyl sites for hydroxylation is 1. The first-order valence-electron chi connectivity index (χ1n) is 7.88. The van der Waals surface area contributed by atoms with Gasteiger partial charge in [0.15, 0.2) is 0 Å². The molecule has 1 aliphatic heterocycles. The number of hydrogen-bond acceptors (Lipinski definition) is 5. The molecule has 0 bridgehead atoms. The summed E-state index contributed by atoms with van der Waals surface area (Å²) in [5.41, 5.74) is -2.13. The molecule has 1 atom stereocenters. The number of rotatable bonds is 3. The van der Waals surface area contributed by atoms with Crippen molar-refractivity contribution in [2.24, 2.45) is 10.1 Å². The van der Waals surface area contributed by atoms with Gasteiger partial charge in [0.25, 0.3) is 5.72 Å². The van der Waals surface area contributed by atoms with Crippen molar-refractivity contribution < 1.29 is 26.7 Å². The molecule has 6 nitrogen and oxygen atoms in total. The maximum atomic E-state index is 13.4. The van der Waals surface area contributed by atoms with Crippen molar-refractivity contribution in [1.82, 2.24) is 0 Å². The van der Waals surface area contributed by atoms with E-state index in [2.05, 4.69) is 4.99 Å². The number of halogens is 4. The van der Waals surface area contributed by atoms with Crippen molar-refractivity contribution in [3.8, 4) is 0 Å². The summed E-state index contributed by atoms with van der Waals surface area (Å²) in [4.78, 5) is 4.48. The Labute approximate surface area is 164 Å². The Morgan fingerprint density at radius 1 is 1.21 bits per heavy atom. The molecule has 0 fully saturated rings. The molecule has 0 spiro atoms. The van der Waals surface area contributed by atoms with Crippen molar-refractivity contribution in [2.45, 2.75) is 23.7 Å². The molecular formula is C17H15ClF3N3O3S. The first kappa shape index (κ1) is 20.6. The fraction of sp³-hybridized carbons (Fsp3) is 0.235. The number of β-amino-alcohol motifs (C(OH)–C–C–N with tert-alkyl or cyclic N) is 1. The van der Waals surface area contributed by atoms with E-state index in [1.54, 1.807) is 19.1 Å². The zero-order valence-electron chi connectivity index (χ0n) is 14.4. The minimum atomic E-state index is -5.01. The van der Waals surface area contributed by atoms with E-state index in [0.29, 0.717) is 10.7 Å². The number of sulfonamides is 1. The fourth-order valence-electron chi connectivity index (χ4n) is 2.70. The lowest BCUT2D eigenvalue weighted by Gasteiger charge is -2.26. The summed E-state index contributed by atoms with van der Waals surface area (Å²) in [5, 5.41) is 15.5. The van der Waals surface area contributed by atoms with Gasteiger partial charge in [0.2, 0.25) is 10.0 Å². The first-order chi connectivity index (χ1) is 12.8. The molecule has 0 amide bonds. The van der Waals surface area contributed by atoms with E-state index < -0.39 is 28.5 Å². The van der Waals surface area contributed by atoms with E-state index in [0.717, 1.165) is 17.7 Å². The van der Waals surface area contributed by atoms with E-state index in [4.69, 9.17) is 16.7 Å². The molecule has 1 unspecified atom stereocenters. The van der Waals surface area contributed by atoms with Crippen LogP contribution in [0.25, 0.3) is 0 Å². The van der Waals surface area contributed by atoms with Crippen LogP contribution in [0.1, 0.15) is 11.1 Å². The van der Waals surface area contributed by atoms with Crippen LogP contribution in [0.15, 0.2) is 52.4 Å². The number of aliphatic imine (C=N–C) groups is 1. The quantitative estimate of drug-likeness (QED) is 0.778. The van der Waals surface area contributed by atoms with Crippen LogP contribution in [0, 0.1) is 6.92 Å². The average molecular weight is 434 g/mol. The maximum absolute atomic E-state index is 13.4. The van der Waals surface area contributed by atoms with E-state index >= 15 is 0 Å². The highest BCUT2D eigenvalue weighted by molar-refractivity contribution is 7.89. The van der Waals surface area contributed by atoms with Gasteiger partial charge in [0.1, 0.15) is 5.84 Å². The first-order valence-corrected chi connectivity index (χ1v) is 9.80. The third kappa shape index (κ3) is 3.72. The van der Waals surface area contributed by atoms with Crippen LogP contribution in [-0.2, 0) is 10.0 Å². The van der Waals surface area contributed by atoms with Crippen LogP contribution in [-0.4, -0.2) is 37.8 Å². The molecule has 3 N–H and O–H groups in total. The van der Waals surface area contributed by atoms with Gasteiger partial charge in [-0.05, 0) is 48.9 Å². The van der Waals surface area contributed by atoms with Crippen LogP contribution in [0.5, 0.6) is 0 Å². The molecule has 150 valence electrons. The molecule has 0 saturated carbocycles. The van der Waals surface area contributed by atoms with Crippen molar-refractivity contribution in [3.05, 3.63) is 58.6 Å².